The van der Waals surface area contributed by atoms with Crippen molar-refractivity contribution in [1.29, 1.82) is 0 Å². The molecule has 1 aliphatic rings. The summed E-state index contributed by atoms with van der Waals surface area (Å²) in [7, 11) is 1.60. The van der Waals surface area contributed by atoms with Gasteiger partial charge in [-0.3, -0.25) is 4.79 Å². The maximum Gasteiger partial charge on any atom is 0.254 e. The number of unbranched alkanes of at least 4 members (excludes halogenated alkanes) is 2. The van der Waals surface area contributed by atoms with Crippen LogP contribution in [0.3, 0.4) is 0 Å². The lowest BCUT2D eigenvalue weighted by molar-refractivity contribution is 0.0635. The summed E-state index contributed by atoms with van der Waals surface area (Å²) in [5.74, 6) is 7.30. The number of likely N-dealkylation sites (tertiary alicyclic amines) is 1. The average Bonchev–Trinajstić information content (AvgIpc) is 2.84. The number of nitrogens with zero attached hydrogens (tertiary/aromatic N) is 2. The van der Waals surface area contributed by atoms with Crippen LogP contribution in [0.2, 0.25) is 0 Å². The molecule has 1 fully saturated rings. The van der Waals surface area contributed by atoms with Gasteiger partial charge in [0.05, 0.1) is 26.5 Å². The molecule has 1 unspecified atom stereocenters. The highest BCUT2D eigenvalue weighted by Gasteiger charge is 2.25. The molecular weight excluding hydrogens is 454 g/mol. The van der Waals surface area contributed by atoms with Gasteiger partial charge in [0.25, 0.3) is 5.91 Å². The number of halogens is 1. The van der Waals surface area contributed by atoms with E-state index < -0.39 is 0 Å². The molecule has 0 aliphatic carbocycles. The molecule has 2 aromatic carbocycles. The van der Waals surface area contributed by atoms with E-state index in [-0.39, 0.29) is 24.4 Å². The summed E-state index contributed by atoms with van der Waals surface area (Å²) in [6.45, 7) is 4.17. The Balaban J connectivity index is 0.00000408. The van der Waals surface area contributed by atoms with E-state index in [1.54, 1.807) is 19.4 Å². The number of hydrogen-bond acceptors (Lipinski definition) is 6. The fraction of sp³-hybridized carbons (Fsp3) is 0.462. The molecule has 3 rings (SSSR count). The van der Waals surface area contributed by atoms with Crippen molar-refractivity contribution in [2.24, 2.45) is 10.9 Å². The second kappa shape index (κ2) is 14.4. The number of amides is 1. The smallest absolute Gasteiger partial charge is 0.254 e. The molecule has 1 amide bonds. The molecule has 1 heterocycles. The number of carbonyl (C=O) groups excluding carboxylic acids is 1. The summed E-state index contributed by atoms with van der Waals surface area (Å²) in [6, 6.07) is 13.4. The lowest BCUT2D eigenvalue weighted by atomic mass is 10.0. The van der Waals surface area contributed by atoms with Gasteiger partial charge in [-0.2, -0.15) is 5.10 Å². The van der Waals surface area contributed by atoms with Crippen molar-refractivity contribution < 1.29 is 19.0 Å². The molecule has 0 bridgehead atoms. The maximum absolute atomic E-state index is 12.9. The van der Waals surface area contributed by atoms with Crippen molar-refractivity contribution in [1.82, 2.24) is 4.90 Å². The number of rotatable bonds is 11. The van der Waals surface area contributed by atoms with Gasteiger partial charge in [-0.1, -0.05) is 0 Å². The largest absolute Gasteiger partial charge is 0.494 e. The Labute approximate surface area is 208 Å². The van der Waals surface area contributed by atoms with Gasteiger partial charge in [-0.25, -0.2) is 0 Å². The molecule has 2 aromatic rings. The number of hydrogen-bond donors (Lipinski definition) is 1. The van der Waals surface area contributed by atoms with E-state index in [0.717, 1.165) is 50.0 Å². The quantitative estimate of drug-likeness (QED) is 0.206. The predicted molar refractivity (Wildman–Crippen MR) is 138 cm³/mol. The van der Waals surface area contributed by atoms with Gasteiger partial charge in [0.1, 0.15) is 5.75 Å². The Hall–Kier alpha value is -2.93. The molecule has 8 heteroatoms. The highest BCUT2D eigenvalue weighted by atomic mass is 35.5. The normalized spacial score (nSPS) is 15.6. The van der Waals surface area contributed by atoms with E-state index >= 15 is 0 Å². The van der Waals surface area contributed by atoms with Crippen LogP contribution in [0.4, 0.5) is 0 Å². The Morgan fingerprint density at radius 2 is 1.79 bits per heavy atom. The number of carbonyl (C=O) groups is 1. The first-order chi connectivity index (χ1) is 16.1. The van der Waals surface area contributed by atoms with E-state index in [2.05, 4.69) is 12.0 Å². The van der Waals surface area contributed by atoms with Gasteiger partial charge in [-0.05, 0) is 93.5 Å². The average molecular weight is 490 g/mol. The first-order valence-corrected chi connectivity index (χ1v) is 11.7. The number of piperidine rings is 1. The highest BCUT2D eigenvalue weighted by molar-refractivity contribution is 5.95. The minimum absolute atomic E-state index is 0. The molecule has 1 aliphatic heterocycles. The van der Waals surface area contributed by atoms with Gasteiger partial charge < -0.3 is 25.0 Å². The van der Waals surface area contributed by atoms with Crippen molar-refractivity contribution in [3.05, 3.63) is 53.6 Å². The van der Waals surface area contributed by atoms with E-state index in [4.69, 9.17) is 20.1 Å². The third kappa shape index (κ3) is 7.83. The minimum atomic E-state index is 0. The fourth-order valence-electron chi connectivity index (χ4n) is 3.97. The van der Waals surface area contributed by atoms with Gasteiger partial charge in [0, 0.05) is 18.2 Å². The second-order valence-electron chi connectivity index (χ2n) is 8.31. The van der Waals surface area contributed by atoms with Crippen molar-refractivity contribution in [3.8, 4) is 17.2 Å². The molecule has 1 saturated heterocycles. The summed E-state index contributed by atoms with van der Waals surface area (Å²) in [5, 5.41) is 3.50. The Bertz CT molecular complexity index is 921. The first-order valence-electron chi connectivity index (χ1n) is 11.7. The highest BCUT2D eigenvalue weighted by Crippen LogP contribution is 2.30. The van der Waals surface area contributed by atoms with E-state index in [9.17, 15) is 4.79 Å². The van der Waals surface area contributed by atoms with E-state index in [1.165, 1.54) is 6.42 Å². The third-order valence-electron chi connectivity index (χ3n) is 5.89. The predicted octanol–water partition coefficient (Wildman–Crippen LogP) is 5.05. The Morgan fingerprint density at radius 1 is 1.06 bits per heavy atom. The number of ether oxygens (including phenoxy) is 3. The number of hydrazone groups is 1. The van der Waals surface area contributed by atoms with Crippen LogP contribution >= 0.6 is 12.4 Å². The molecule has 0 saturated carbocycles. The number of nitrogens with two attached hydrogens (primary N) is 1. The number of methoxy groups -OCH3 is 1. The van der Waals surface area contributed by atoms with Crippen LogP contribution in [0.25, 0.3) is 0 Å². The SMILES string of the molecule is COc1cc(C(=O)N2CCCCC2C)ccc1OCCCCCOc1ccc(C=NN)cc1.Cl. The zero-order chi connectivity index (χ0) is 23.5. The van der Waals surface area contributed by atoms with Crippen LogP contribution in [0.5, 0.6) is 17.2 Å². The van der Waals surface area contributed by atoms with Gasteiger partial charge in [0.2, 0.25) is 0 Å². The van der Waals surface area contributed by atoms with Crippen molar-refractivity contribution >= 4 is 24.5 Å². The maximum atomic E-state index is 12.9. The van der Waals surface area contributed by atoms with Gasteiger partial charge >= 0.3 is 0 Å². The molecule has 186 valence electrons. The van der Waals surface area contributed by atoms with Crippen LogP contribution in [-0.4, -0.2) is 49.9 Å². The Kier molecular flexibility index (Phi) is 11.5. The minimum Gasteiger partial charge on any atom is -0.494 e. The van der Waals surface area contributed by atoms with Gasteiger partial charge in [0.15, 0.2) is 11.5 Å². The van der Waals surface area contributed by atoms with E-state index in [1.807, 2.05) is 41.3 Å². The topological polar surface area (TPSA) is 86.4 Å². The van der Waals surface area contributed by atoms with E-state index in [0.29, 0.717) is 30.3 Å². The Morgan fingerprint density at radius 3 is 2.47 bits per heavy atom. The summed E-state index contributed by atoms with van der Waals surface area (Å²) in [6.07, 6.45) is 7.74. The summed E-state index contributed by atoms with van der Waals surface area (Å²) < 4.78 is 17.2. The zero-order valence-corrected chi connectivity index (χ0v) is 20.9. The number of benzene rings is 2. The monoisotopic (exact) mass is 489 g/mol. The van der Waals surface area contributed by atoms with Crippen LogP contribution in [0.1, 0.15) is 61.4 Å². The molecule has 2 N–H and O–H groups in total. The summed E-state index contributed by atoms with van der Waals surface area (Å²) >= 11 is 0. The lowest BCUT2D eigenvalue weighted by Crippen LogP contribution is -2.42. The molecule has 0 radical (unpaired) electrons. The molecule has 7 nitrogen and oxygen atoms in total. The van der Waals surface area contributed by atoms with Crippen molar-refractivity contribution in [2.45, 2.75) is 51.5 Å². The van der Waals surface area contributed by atoms with Crippen molar-refractivity contribution in [3.63, 3.8) is 0 Å². The van der Waals surface area contributed by atoms with Gasteiger partial charge in [-0.15, -0.1) is 12.4 Å². The molecular formula is C26H36ClN3O4. The van der Waals surface area contributed by atoms with Crippen LogP contribution in [0.15, 0.2) is 47.6 Å². The summed E-state index contributed by atoms with van der Waals surface area (Å²) in [5.41, 5.74) is 1.59. The molecule has 0 aromatic heterocycles. The van der Waals surface area contributed by atoms with Crippen LogP contribution < -0.4 is 20.1 Å². The van der Waals surface area contributed by atoms with Crippen molar-refractivity contribution in [2.75, 3.05) is 26.9 Å². The first kappa shape index (κ1) is 27.3. The fourth-order valence-corrected chi connectivity index (χ4v) is 3.97. The zero-order valence-electron chi connectivity index (χ0n) is 20.1. The molecule has 34 heavy (non-hydrogen) atoms. The van der Waals surface area contributed by atoms with Crippen LogP contribution in [-0.2, 0) is 0 Å². The summed E-state index contributed by atoms with van der Waals surface area (Å²) in [4.78, 5) is 14.9. The lowest BCUT2D eigenvalue weighted by Gasteiger charge is -2.33. The third-order valence-corrected chi connectivity index (χ3v) is 5.89. The van der Waals surface area contributed by atoms with Crippen LogP contribution in [0, 0.1) is 0 Å². The second-order valence-corrected chi connectivity index (χ2v) is 8.31. The molecule has 0 spiro atoms. The molecule has 1 atom stereocenters. The standard InChI is InChI=1S/C26H35N3O4.ClH/c1-20-8-4-5-15-29(20)26(30)22-11-14-24(25(18-22)31-2)33-17-7-3-6-16-32-23-12-9-21(10-13-23)19-28-27;/h9-14,18-20H,3-8,15-17,27H2,1-2H3;1H.